The predicted octanol–water partition coefficient (Wildman–Crippen LogP) is 2.59. The number of carbonyl (C=O) groups is 2. The number of hydrogen-bond donors (Lipinski definition) is 1. The van der Waals surface area contributed by atoms with Gasteiger partial charge in [-0.15, -0.1) is 0 Å². The lowest BCUT2D eigenvalue weighted by molar-refractivity contribution is -0.122. The normalized spacial score (nSPS) is 16.4. The number of rotatable bonds is 4. The van der Waals surface area contributed by atoms with Crippen molar-refractivity contribution in [1.29, 1.82) is 0 Å². The first kappa shape index (κ1) is 17.1. The van der Waals surface area contributed by atoms with Crippen LogP contribution in [0.1, 0.15) is 17.5 Å². The van der Waals surface area contributed by atoms with Crippen LogP contribution in [0.25, 0.3) is 0 Å². The molecule has 25 heavy (non-hydrogen) atoms. The first-order valence-corrected chi connectivity index (χ1v) is 8.07. The average Bonchev–Trinajstić information content (AvgIpc) is 2.61. The summed E-state index contributed by atoms with van der Waals surface area (Å²) in [7, 11) is 0. The van der Waals surface area contributed by atoms with Crippen molar-refractivity contribution in [3.05, 3.63) is 65.2 Å². The molecule has 0 saturated carbocycles. The molecule has 2 aromatic rings. The quantitative estimate of drug-likeness (QED) is 0.927. The van der Waals surface area contributed by atoms with Gasteiger partial charge in [0.2, 0.25) is 11.8 Å². The molecule has 6 heteroatoms. The fourth-order valence-corrected chi connectivity index (χ4v) is 3.13. The molecule has 0 saturated heterocycles. The lowest BCUT2D eigenvalue weighted by Crippen LogP contribution is -2.44. The molecule has 2 aromatic carbocycles. The monoisotopic (exact) mass is 344 g/mol. The summed E-state index contributed by atoms with van der Waals surface area (Å²) < 4.78 is 27.0. The fraction of sp³-hybridized carbons (Fsp3) is 0.263. The average molecular weight is 344 g/mol. The van der Waals surface area contributed by atoms with Crippen molar-refractivity contribution in [3.63, 3.8) is 0 Å². The van der Waals surface area contributed by atoms with E-state index in [4.69, 9.17) is 5.73 Å². The highest BCUT2D eigenvalue weighted by atomic mass is 19.1. The molecule has 2 amide bonds. The van der Waals surface area contributed by atoms with Gasteiger partial charge in [0, 0.05) is 18.7 Å². The second-order valence-electron chi connectivity index (χ2n) is 6.17. The van der Waals surface area contributed by atoms with Crippen LogP contribution in [0.2, 0.25) is 0 Å². The highest BCUT2D eigenvalue weighted by Gasteiger charge is 2.30. The van der Waals surface area contributed by atoms with Crippen LogP contribution in [0, 0.1) is 17.6 Å². The maximum atomic E-state index is 13.7. The molecule has 1 aliphatic rings. The summed E-state index contributed by atoms with van der Waals surface area (Å²) in [5.74, 6) is -2.24. The van der Waals surface area contributed by atoms with Gasteiger partial charge in [-0.2, -0.15) is 0 Å². The highest BCUT2D eigenvalue weighted by molar-refractivity contribution is 5.96. The van der Waals surface area contributed by atoms with Crippen molar-refractivity contribution in [2.45, 2.75) is 19.3 Å². The van der Waals surface area contributed by atoms with Crippen molar-refractivity contribution < 1.29 is 18.4 Å². The third-order valence-corrected chi connectivity index (χ3v) is 4.47. The Morgan fingerprint density at radius 1 is 1.16 bits per heavy atom. The van der Waals surface area contributed by atoms with Gasteiger partial charge in [0.05, 0.1) is 5.92 Å². The highest BCUT2D eigenvalue weighted by Crippen LogP contribution is 2.30. The SMILES string of the molecule is NC(=O)C1Cc2ccccc2N(C(=O)CCc2cc(F)ccc2F)C1. The molecule has 1 unspecified atom stereocenters. The van der Waals surface area contributed by atoms with E-state index in [1.807, 2.05) is 24.3 Å². The molecule has 4 nitrogen and oxygen atoms in total. The number of carbonyl (C=O) groups excluding carboxylic acids is 2. The van der Waals surface area contributed by atoms with E-state index in [2.05, 4.69) is 0 Å². The summed E-state index contributed by atoms with van der Waals surface area (Å²) in [5, 5.41) is 0. The van der Waals surface area contributed by atoms with E-state index in [1.165, 1.54) is 4.90 Å². The molecule has 0 radical (unpaired) electrons. The Hall–Kier alpha value is -2.76. The summed E-state index contributed by atoms with van der Waals surface area (Å²) in [6.45, 7) is 0.205. The summed E-state index contributed by atoms with van der Waals surface area (Å²) in [4.78, 5) is 25.8. The van der Waals surface area contributed by atoms with Crippen molar-refractivity contribution in [2.75, 3.05) is 11.4 Å². The van der Waals surface area contributed by atoms with Gasteiger partial charge in [-0.3, -0.25) is 9.59 Å². The first-order valence-electron chi connectivity index (χ1n) is 8.07. The Morgan fingerprint density at radius 2 is 1.92 bits per heavy atom. The molecule has 0 aliphatic carbocycles. The maximum absolute atomic E-state index is 13.7. The molecule has 3 rings (SSSR count). The minimum Gasteiger partial charge on any atom is -0.369 e. The molecule has 1 aliphatic heterocycles. The Bertz CT molecular complexity index is 823. The zero-order chi connectivity index (χ0) is 18.0. The number of aryl methyl sites for hydroxylation is 1. The summed E-state index contributed by atoms with van der Waals surface area (Å²) >= 11 is 0. The zero-order valence-electron chi connectivity index (χ0n) is 13.5. The van der Waals surface area contributed by atoms with E-state index >= 15 is 0 Å². The molecular weight excluding hydrogens is 326 g/mol. The molecule has 1 atom stereocenters. The van der Waals surface area contributed by atoms with Gasteiger partial charge < -0.3 is 10.6 Å². The number of fused-ring (bicyclic) bond motifs is 1. The first-order chi connectivity index (χ1) is 12.0. The summed E-state index contributed by atoms with van der Waals surface area (Å²) in [5.41, 5.74) is 7.20. The number of anilines is 1. The Kier molecular flexibility index (Phi) is 4.79. The third-order valence-electron chi connectivity index (χ3n) is 4.47. The van der Waals surface area contributed by atoms with E-state index in [-0.39, 0.29) is 30.9 Å². The second kappa shape index (κ2) is 7.01. The Balaban J connectivity index is 1.78. The molecule has 0 aromatic heterocycles. The van der Waals surface area contributed by atoms with Gasteiger partial charge >= 0.3 is 0 Å². The van der Waals surface area contributed by atoms with Crippen LogP contribution in [0.15, 0.2) is 42.5 Å². The standard InChI is InChI=1S/C19H18F2N2O2/c20-15-6-7-16(21)12(10-15)5-8-18(24)23-11-14(19(22)25)9-13-3-1-2-4-17(13)23/h1-4,6-7,10,14H,5,8-9,11H2,(H2,22,25). The van der Waals surface area contributed by atoms with Crippen molar-refractivity contribution in [2.24, 2.45) is 11.7 Å². The molecule has 130 valence electrons. The predicted molar refractivity (Wildman–Crippen MR) is 89.9 cm³/mol. The van der Waals surface area contributed by atoms with E-state index in [9.17, 15) is 18.4 Å². The van der Waals surface area contributed by atoms with Crippen LogP contribution >= 0.6 is 0 Å². The number of halogens is 2. The molecule has 2 N–H and O–H groups in total. The van der Waals surface area contributed by atoms with Gasteiger partial charge in [0.25, 0.3) is 0 Å². The summed E-state index contributed by atoms with van der Waals surface area (Å²) in [6.07, 6.45) is 0.594. The lowest BCUT2D eigenvalue weighted by Gasteiger charge is -2.33. The number of hydrogen-bond acceptors (Lipinski definition) is 2. The van der Waals surface area contributed by atoms with Crippen LogP contribution in [0.5, 0.6) is 0 Å². The van der Waals surface area contributed by atoms with E-state index in [0.717, 1.165) is 29.4 Å². The number of para-hydroxylation sites is 1. The van der Waals surface area contributed by atoms with Crippen molar-refractivity contribution in [3.8, 4) is 0 Å². The van der Waals surface area contributed by atoms with Crippen LogP contribution < -0.4 is 10.6 Å². The lowest BCUT2D eigenvalue weighted by atomic mass is 9.91. The topological polar surface area (TPSA) is 63.4 Å². The van der Waals surface area contributed by atoms with Gasteiger partial charge in [-0.1, -0.05) is 18.2 Å². The molecule has 0 spiro atoms. The van der Waals surface area contributed by atoms with Crippen LogP contribution in [-0.4, -0.2) is 18.4 Å². The van der Waals surface area contributed by atoms with E-state index < -0.39 is 23.5 Å². The Labute approximate surface area is 144 Å². The van der Waals surface area contributed by atoms with Gasteiger partial charge in [0.1, 0.15) is 11.6 Å². The Morgan fingerprint density at radius 3 is 2.68 bits per heavy atom. The molecule has 0 fully saturated rings. The van der Waals surface area contributed by atoms with Crippen molar-refractivity contribution >= 4 is 17.5 Å². The van der Waals surface area contributed by atoms with Gasteiger partial charge in [-0.25, -0.2) is 8.78 Å². The number of primary amides is 1. The van der Waals surface area contributed by atoms with Gasteiger partial charge in [-0.05, 0) is 48.2 Å². The molecule has 1 heterocycles. The fourth-order valence-electron chi connectivity index (χ4n) is 3.13. The largest absolute Gasteiger partial charge is 0.369 e. The van der Waals surface area contributed by atoms with Crippen LogP contribution in [-0.2, 0) is 22.4 Å². The minimum absolute atomic E-state index is 0.0141. The number of amides is 2. The van der Waals surface area contributed by atoms with Crippen molar-refractivity contribution in [1.82, 2.24) is 0 Å². The van der Waals surface area contributed by atoms with Gasteiger partial charge in [0.15, 0.2) is 0 Å². The number of nitrogens with zero attached hydrogens (tertiary/aromatic N) is 1. The smallest absolute Gasteiger partial charge is 0.227 e. The van der Waals surface area contributed by atoms with Crippen LogP contribution in [0.4, 0.5) is 14.5 Å². The third kappa shape index (κ3) is 3.68. The van der Waals surface area contributed by atoms with Crippen LogP contribution in [0.3, 0.4) is 0 Å². The van der Waals surface area contributed by atoms with E-state index in [0.29, 0.717) is 6.42 Å². The summed E-state index contributed by atoms with van der Waals surface area (Å²) in [6, 6.07) is 10.5. The zero-order valence-corrected chi connectivity index (χ0v) is 13.5. The maximum Gasteiger partial charge on any atom is 0.227 e. The minimum atomic E-state index is -0.541. The van der Waals surface area contributed by atoms with E-state index in [1.54, 1.807) is 0 Å². The number of benzene rings is 2. The molecular formula is C19H18F2N2O2. The second-order valence-corrected chi connectivity index (χ2v) is 6.17. The molecule has 0 bridgehead atoms. The number of nitrogens with two attached hydrogens (primary N) is 1.